The molecule has 1 N–H and O–H groups in total. The number of nitrogens with zero attached hydrogens (tertiary/aromatic N) is 1. The minimum atomic E-state index is 0.362. The average molecular weight is 274 g/mol. The summed E-state index contributed by atoms with van der Waals surface area (Å²) >= 11 is 1.75. The number of rotatable bonds is 6. The van der Waals surface area contributed by atoms with E-state index in [0.29, 0.717) is 6.04 Å². The van der Waals surface area contributed by atoms with Gasteiger partial charge in [0.25, 0.3) is 0 Å². The molecule has 1 heterocycles. The fourth-order valence-electron chi connectivity index (χ4n) is 2.21. The smallest absolute Gasteiger partial charge is 0.0947 e. The highest BCUT2D eigenvalue weighted by Gasteiger charge is 2.13. The first-order valence-corrected chi connectivity index (χ1v) is 7.84. The van der Waals surface area contributed by atoms with Gasteiger partial charge in [0, 0.05) is 23.5 Å². The number of hydrogen-bond acceptors (Lipinski definition) is 3. The zero-order valence-electron chi connectivity index (χ0n) is 11.9. The molecule has 0 fully saturated rings. The van der Waals surface area contributed by atoms with Crippen LogP contribution >= 0.6 is 11.3 Å². The summed E-state index contributed by atoms with van der Waals surface area (Å²) in [5.74, 6) is 0. The van der Waals surface area contributed by atoms with Crippen LogP contribution < -0.4 is 5.32 Å². The molecular formula is C16H22N2S. The Morgan fingerprint density at radius 2 is 1.95 bits per heavy atom. The molecule has 2 aromatic rings. The normalized spacial score (nSPS) is 12.6. The van der Waals surface area contributed by atoms with Gasteiger partial charge in [0.2, 0.25) is 0 Å². The Labute approximate surface area is 119 Å². The van der Waals surface area contributed by atoms with E-state index in [-0.39, 0.29) is 0 Å². The minimum absolute atomic E-state index is 0.362. The second-order valence-electron chi connectivity index (χ2n) is 4.79. The van der Waals surface area contributed by atoms with Crippen molar-refractivity contribution in [1.29, 1.82) is 0 Å². The van der Waals surface area contributed by atoms with Crippen molar-refractivity contribution in [2.75, 3.05) is 6.54 Å². The van der Waals surface area contributed by atoms with Crippen molar-refractivity contribution in [3.8, 4) is 0 Å². The number of hydrogen-bond donors (Lipinski definition) is 1. The number of aryl methyl sites for hydroxylation is 2. The van der Waals surface area contributed by atoms with E-state index in [0.717, 1.165) is 25.1 Å². The van der Waals surface area contributed by atoms with Gasteiger partial charge in [-0.3, -0.25) is 0 Å². The van der Waals surface area contributed by atoms with Crippen molar-refractivity contribution in [3.05, 3.63) is 51.5 Å². The van der Waals surface area contributed by atoms with Gasteiger partial charge in [0.1, 0.15) is 0 Å². The van der Waals surface area contributed by atoms with E-state index in [4.69, 9.17) is 0 Å². The summed E-state index contributed by atoms with van der Waals surface area (Å²) in [5, 5.41) is 6.90. The van der Waals surface area contributed by atoms with Crippen LogP contribution in [0.1, 0.15) is 41.7 Å². The van der Waals surface area contributed by atoms with Gasteiger partial charge >= 0.3 is 0 Å². The average Bonchev–Trinajstić information content (AvgIpc) is 2.84. The molecule has 0 spiro atoms. The zero-order valence-corrected chi connectivity index (χ0v) is 12.8. The molecular weight excluding hydrogens is 252 g/mol. The maximum Gasteiger partial charge on any atom is 0.0947 e. The zero-order chi connectivity index (χ0) is 13.7. The lowest BCUT2D eigenvalue weighted by Crippen LogP contribution is -2.22. The number of likely N-dealkylation sites (N-methyl/N-ethyl adjacent to an activating group) is 1. The molecule has 2 rings (SSSR count). The van der Waals surface area contributed by atoms with Crippen LogP contribution in [0.15, 0.2) is 29.6 Å². The Morgan fingerprint density at radius 1 is 1.21 bits per heavy atom. The number of nitrogens with one attached hydrogen (secondary N) is 1. The molecule has 0 aliphatic heterocycles. The third-order valence-corrected chi connectivity index (χ3v) is 4.28. The van der Waals surface area contributed by atoms with Crippen molar-refractivity contribution >= 4 is 11.3 Å². The van der Waals surface area contributed by atoms with Gasteiger partial charge in [-0.25, -0.2) is 4.98 Å². The maximum atomic E-state index is 4.57. The summed E-state index contributed by atoms with van der Waals surface area (Å²) in [6.07, 6.45) is 2.07. The van der Waals surface area contributed by atoms with E-state index < -0.39 is 0 Å². The number of aromatic nitrogens is 1. The molecule has 102 valence electrons. The molecule has 0 saturated carbocycles. The van der Waals surface area contributed by atoms with Gasteiger partial charge in [-0.15, -0.1) is 11.3 Å². The van der Waals surface area contributed by atoms with Crippen molar-refractivity contribution in [1.82, 2.24) is 10.3 Å². The van der Waals surface area contributed by atoms with Crippen LogP contribution in [0.2, 0.25) is 0 Å². The predicted molar refractivity (Wildman–Crippen MR) is 82.8 cm³/mol. The fourth-order valence-corrected chi connectivity index (χ4v) is 3.03. The Hall–Kier alpha value is -1.19. The molecule has 1 aromatic carbocycles. The van der Waals surface area contributed by atoms with Crippen LogP contribution in [0.5, 0.6) is 0 Å². The Balaban J connectivity index is 2.13. The quantitative estimate of drug-likeness (QED) is 0.864. The first-order valence-electron chi connectivity index (χ1n) is 6.96. The van der Waals surface area contributed by atoms with E-state index in [1.165, 1.54) is 16.1 Å². The van der Waals surface area contributed by atoms with Crippen molar-refractivity contribution in [2.45, 2.75) is 39.7 Å². The number of thiazole rings is 1. The Kier molecular flexibility index (Phi) is 5.11. The van der Waals surface area contributed by atoms with Crippen LogP contribution in [-0.4, -0.2) is 11.5 Å². The summed E-state index contributed by atoms with van der Waals surface area (Å²) in [6.45, 7) is 7.37. The van der Waals surface area contributed by atoms with Crippen LogP contribution in [0, 0.1) is 6.92 Å². The third kappa shape index (κ3) is 3.88. The van der Waals surface area contributed by atoms with Gasteiger partial charge in [-0.2, -0.15) is 0 Å². The summed E-state index contributed by atoms with van der Waals surface area (Å²) in [6, 6.07) is 9.31. The van der Waals surface area contributed by atoms with Crippen LogP contribution in [0.4, 0.5) is 0 Å². The fraction of sp³-hybridized carbons (Fsp3) is 0.438. The molecule has 19 heavy (non-hydrogen) atoms. The van der Waals surface area contributed by atoms with E-state index in [9.17, 15) is 0 Å². The van der Waals surface area contributed by atoms with E-state index in [1.807, 2.05) is 0 Å². The van der Waals surface area contributed by atoms with Gasteiger partial charge in [0.05, 0.1) is 5.01 Å². The molecule has 2 nitrogen and oxygen atoms in total. The lowest BCUT2D eigenvalue weighted by atomic mass is 10.0. The van der Waals surface area contributed by atoms with E-state index in [1.54, 1.807) is 11.3 Å². The van der Waals surface area contributed by atoms with Crippen LogP contribution in [-0.2, 0) is 12.8 Å². The predicted octanol–water partition coefficient (Wildman–Crippen LogP) is 3.91. The molecule has 0 bridgehead atoms. The lowest BCUT2D eigenvalue weighted by Gasteiger charge is -2.17. The van der Waals surface area contributed by atoms with Crippen molar-refractivity contribution < 1.29 is 0 Å². The van der Waals surface area contributed by atoms with Gasteiger partial charge in [0.15, 0.2) is 0 Å². The van der Waals surface area contributed by atoms with E-state index >= 15 is 0 Å². The summed E-state index contributed by atoms with van der Waals surface area (Å²) in [5.41, 5.74) is 3.87. The molecule has 1 unspecified atom stereocenters. The summed E-state index contributed by atoms with van der Waals surface area (Å²) < 4.78 is 0. The molecule has 0 aliphatic carbocycles. The molecule has 0 aliphatic rings. The third-order valence-electron chi connectivity index (χ3n) is 3.29. The Bertz CT molecular complexity index is 502. The Morgan fingerprint density at radius 3 is 2.47 bits per heavy atom. The standard InChI is InChI=1S/C16H22N2S/c1-4-13-6-8-14(9-7-13)15(17-5-2)10-16-18-12(3)11-19-16/h6-9,11,15,17H,4-5,10H2,1-3H3. The monoisotopic (exact) mass is 274 g/mol. The van der Waals surface area contributed by atoms with Crippen molar-refractivity contribution in [3.63, 3.8) is 0 Å². The number of benzene rings is 1. The molecule has 0 radical (unpaired) electrons. The van der Waals surface area contributed by atoms with E-state index in [2.05, 4.69) is 60.7 Å². The first-order chi connectivity index (χ1) is 9.22. The first kappa shape index (κ1) is 14.2. The molecule has 1 atom stereocenters. The highest BCUT2D eigenvalue weighted by Crippen LogP contribution is 2.21. The lowest BCUT2D eigenvalue weighted by molar-refractivity contribution is 0.548. The topological polar surface area (TPSA) is 24.9 Å². The molecule has 3 heteroatoms. The molecule has 0 amide bonds. The van der Waals surface area contributed by atoms with Gasteiger partial charge in [-0.05, 0) is 31.0 Å². The SMILES string of the molecule is CCNC(Cc1nc(C)cs1)c1ccc(CC)cc1. The second kappa shape index (κ2) is 6.83. The van der Waals surface area contributed by atoms with Gasteiger partial charge in [-0.1, -0.05) is 38.1 Å². The van der Waals surface area contributed by atoms with Gasteiger partial charge < -0.3 is 5.32 Å². The largest absolute Gasteiger partial charge is 0.310 e. The van der Waals surface area contributed by atoms with Crippen LogP contribution in [0.3, 0.4) is 0 Å². The summed E-state index contributed by atoms with van der Waals surface area (Å²) in [4.78, 5) is 4.57. The maximum absolute atomic E-state index is 4.57. The highest BCUT2D eigenvalue weighted by atomic mass is 32.1. The molecule has 1 aromatic heterocycles. The molecule has 0 saturated heterocycles. The van der Waals surface area contributed by atoms with Crippen molar-refractivity contribution in [2.24, 2.45) is 0 Å². The minimum Gasteiger partial charge on any atom is -0.310 e. The summed E-state index contributed by atoms with van der Waals surface area (Å²) in [7, 11) is 0. The van der Waals surface area contributed by atoms with Crippen LogP contribution in [0.25, 0.3) is 0 Å². The second-order valence-corrected chi connectivity index (χ2v) is 5.73. The highest BCUT2D eigenvalue weighted by molar-refractivity contribution is 7.09.